The number of carbonyl (C=O) groups is 1. The highest BCUT2D eigenvalue weighted by atomic mass is 35.5. The summed E-state index contributed by atoms with van der Waals surface area (Å²) in [6.07, 6.45) is 0.825. The van der Waals surface area contributed by atoms with E-state index >= 15 is 0 Å². The van der Waals surface area contributed by atoms with E-state index in [1.807, 2.05) is 31.2 Å². The molecule has 0 spiro atoms. The molecule has 0 heterocycles. The number of esters is 1. The van der Waals surface area contributed by atoms with Crippen LogP contribution in [-0.4, -0.2) is 24.4 Å². The third kappa shape index (κ3) is 5.05. The summed E-state index contributed by atoms with van der Waals surface area (Å²) in [6.45, 7) is 4.22. The molecule has 0 saturated carbocycles. The molecule has 1 rings (SSSR count). The molecule has 2 atom stereocenters. The van der Waals surface area contributed by atoms with Crippen molar-refractivity contribution in [2.75, 3.05) is 12.4 Å². The van der Waals surface area contributed by atoms with Crippen LogP contribution >= 0.6 is 23.4 Å². The van der Waals surface area contributed by atoms with Crippen LogP contribution < -0.4 is 5.73 Å². The molecule has 0 aliphatic rings. The van der Waals surface area contributed by atoms with Gasteiger partial charge in [0.15, 0.2) is 0 Å². The average Bonchev–Trinajstić information content (AvgIpc) is 2.40. The third-order valence-electron chi connectivity index (χ3n) is 2.76. The molecule has 0 amide bonds. The predicted molar refractivity (Wildman–Crippen MR) is 81.6 cm³/mol. The predicted octanol–water partition coefficient (Wildman–Crippen LogP) is 3.41. The maximum atomic E-state index is 11.5. The lowest BCUT2D eigenvalue weighted by atomic mass is 10.0. The van der Waals surface area contributed by atoms with Gasteiger partial charge in [0.2, 0.25) is 0 Å². The summed E-state index contributed by atoms with van der Waals surface area (Å²) in [5.74, 6) is 0.0742. The number of ether oxygens (including phenoxy) is 1. The maximum Gasteiger partial charge on any atom is 0.315 e. The molecule has 0 fully saturated rings. The van der Waals surface area contributed by atoms with Crippen molar-refractivity contribution < 1.29 is 9.53 Å². The molecule has 0 aliphatic heterocycles. The van der Waals surface area contributed by atoms with Gasteiger partial charge in [0.1, 0.15) is 0 Å². The van der Waals surface area contributed by atoms with E-state index in [2.05, 4.69) is 0 Å². The second-order valence-corrected chi connectivity index (χ2v) is 5.67. The molecule has 19 heavy (non-hydrogen) atoms. The lowest BCUT2D eigenvalue weighted by Crippen LogP contribution is -2.27. The first kappa shape index (κ1) is 16.3. The fraction of sp³-hybridized carbons (Fsp3) is 0.500. The zero-order valence-electron chi connectivity index (χ0n) is 11.3. The maximum absolute atomic E-state index is 11.5. The molecule has 0 aromatic heterocycles. The molecule has 2 unspecified atom stereocenters. The van der Waals surface area contributed by atoms with E-state index in [4.69, 9.17) is 22.1 Å². The molecule has 0 bridgehead atoms. The largest absolute Gasteiger partial charge is 0.465 e. The number of hydrogen-bond acceptors (Lipinski definition) is 4. The highest BCUT2D eigenvalue weighted by Gasteiger charge is 2.22. The number of carbonyl (C=O) groups excluding carboxylic acids is 1. The van der Waals surface area contributed by atoms with E-state index in [-0.39, 0.29) is 23.0 Å². The van der Waals surface area contributed by atoms with Gasteiger partial charge in [-0.05, 0) is 25.0 Å². The normalized spacial score (nSPS) is 13.9. The quantitative estimate of drug-likeness (QED) is 0.784. The molecule has 1 aromatic carbocycles. The summed E-state index contributed by atoms with van der Waals surface area (Å²) in [4.78, 5) is 11.5. The van der Waals surface area contributed by atoms with E-state index < -0.39 is 0 Å². The Kier molecular flexibility index (Phi) is 7.28. The molecular formula is C14H20ClNO2S. The molecule has 2 N–H and O–H groups in total. The monoisotopic (exact) mass is 301 g/mol. The SMILES string of the molecule is CCOC(=O)CSC(c1ccccc1Cl)C(N)CC. The molecule has 0 saturated heterocycles. The van der Waals surface area contributed by atoms with Crippen molar-refractivity contribution >= 4 is 29.3 Å². The Balaban J connectivity index is 2.79. The number of halogens is 1. The lowest BCUT2D eigenvalue weighted by Gasteiger charge is -2.23. The molecule has 1 aromatic rings. The number of rotatable bonds is 7. The summed E-state index contributed by atoms with van der Waals surface area (Å²) in [7, 11) is 0. The van der Waals surface area contributed by atoms with Gasteiger partial charge < -0.3 is 10.5 Å². The minimum absolute atomic E-state index is 0.00288. The van der Waals surface area contributed by atoms with Crippen LogP contribution in [0, 0.1) is 0 Å². The lowest BCUT2D eigenvalue weighted by molar-refractivity contribution is -0.139. The van der Waals surface area contributed by atoms with Crippen LogP contribution in [0.2, 0.25) is 5.02 Å². The third-order valence-corrected chi connectivity index (χ3v) is 4.47. The average molecular weight is 302 g/mol. The van der Waals surface area contributed by atoms with Crippen molar-refractivity contribution in [2.45, 2.75) is 31.6 Å². The smallest absolute Gasteiger partial charge is 0.315 e. The topological polar surface area (TPSA) is 52.3 Å². The van der Waals surface area contributed by atoms with Crippen LogP contribution in [-0.2, 0) is 9.53 Å². The van der Waals surface area contributed by atoms with Crippen molar-refractivity contribution in [2.24, 2.45) is 5.73 Å². The number of nitrogens with two attached hydrogens (primary N) is 1. The van der Waals surface area contributed by atoms with Gasteiger partial charge in [-0.25, -0.2) is 0 Å². The van der Waals surface area contributed by atoms with Crippen LogP contribution in [0.5, 0.6) is 0 Å². The number of benzene rings is 1. The fourth-order valence-corrected chi connectivity index (χ4v) is 3.27. The Morgan fingerprint density at radius 1 is 1.42 bits per heavy atom. The van der Waals surface area contributed by atoms with Crippen LogP contribution in [0.3, 0.4) is 0 Å². The van der Waals surface area contributed by atoms with Gasteiger partial charge in [-0.3, -0.25) is 4.79 Å². The standard InChI is InChI=1S/C14H20ClNO2S/c1-3-12(16)14(19-9-13(17)18-4-2)10-7-5-6-8-11(10)15/h5-8,12,14H,3-4,9,16H2,1-2H3. The van der Waals surface area contributed by atoms with Gasteiger partial charge in [0.25, 0.3) is 0 Å². The Labute approximate surface area is 123 Å². The Hall–Kier alpha value is -0.710. The van der Waals surface area contributed by atoms with Gasteiger partial charge in [-0.2, -0.15) is 0 Å². The summed E-state index contributed by atoms with van der Waals surface area (Å²) in [6, 6.07) is 7.58. The van der Waals surface area contributed by atoms with Crippen molar-refractivity contribution in [1.29, 1.82) is 0 Å². The van der Waals surface area contributed by atoms with E-state index in [1.165, 1.54) is 11.8 Å². The van der Waals surface area contributed by atoms with Gasteiger partial charge in [0.05, 0.1) is 12.4 Å². The first-order valence-corrected chi connectivity index (χ1v) is 7.80. The number of hydrogen-bond donors (Lipinski definition) is 1. The van der Waals surface area contributed by atoms with Crippen molar-refractivity contribution in [3.05, 3.63) is 34.9 Å². The van der Waals surface area contributed by atoms with Crippen LogP contribution in [0.4, 0.5) is 0 Å². The van der Waals surface area contributed by atoms with Crippen LogP contribution in [0.15, 0.2) is 24.3 Å². The first-order valence-electron chi connectivity index (χ1n) is 6.37. The van der Waals surface area contributed by atoms with Crippen molar-refractivity contribution in [3.8, 4) is 0 Å². The van der Waals surface area contributed by atoms with E-state index in [0.717, 1.165) is 12.0 Å². The summed E-state index contributed by atoms with van der Waals surface area (Å²) in [5.41, 5.74) is 7.13. The van der Waals surface area contributed by atoms with Crippen molar-refractivity contribution in [1.82, 2.24) is 0 Å². The minimum Gasteiger partial charge on any atom is -0.465 e. The number of thioether (sulfide) groups is 1. The highest BCUT2D eigenvalue weighted by Crippen LogP contribution is 2.36. The van der Waals surface area contributed by atoms with Crippen molar-refractivity contribution in [3.63, 3.8) is 0 Å². The summed E-state index contributed by atoms with van der Waals surface area (Å²) >= 11 is 7.70. The van der Waals surface area contributed by atoms with Crippen LogP contribution in [0.25, 0.3) is 0 Å². The van der Waals surface area contributed by atoms with E-state index in [9.17, 15) is 4.79 Å². The molecule has 0 radical (unpaired) electrons. The summed E-state index contributed by atoms with van der Waals surface area (Å²) < 4.78 is 4.94. The Morgan fingerprint density at radius 2 is 2.11 bits per heavy atom. The van der Waals surface area contributed by atoms with E-state index in [1.54, 1.807) is 6.92 Å². The second-order valence-electron chi connectivity index (χ2n) is 4.13. The van der Waals surface area contributed by atoms with Gasteiger partial charge in [-0.15, -0.1) is 11.8 Å². The van der Waals surface area contributed by atoms with E-state index in [0.29, 0.717) is 11.6 Å². The summed E-state index contributed by atoms with van der Waals surface area (Å²) in [5, 5.41) is 0.691. The first-order chi connectivity index (χ1) is 9.10. The minimum atomic E-state index is -0.215. The molecule has 106 valence electrons. The highest BCUT2D eigenvalue weighted by molar-refractivity contribution is 8.00. The van der Waals surface area contributed by atoms with Crippen LogP contribution in [0.1, 0.15) is 31.1 Å². The fourth-order valence-electron chi connectivity index (χ4n) is 1.72. The Bertz CT molecular complexity index is 414. The molecule has 0 aliphatic carbocycles. The van der Waals surface area contributed by atoms with Gasteiger partial charge in [-0.1, -0.05) is 36.7 Å². The van der Waals surface area contributed by atoms with Gasteiger partial charge >= 0.3 is 5.97 Å². The molecule has 5 heteroatoms. The zero-order chi connectivity index (χ0) is 14.3. The zero-order valence-corrected chi connectivity index (χ0v) is 12.8. The second kappa shape index (κ2) is 8.46. The molecular weight excluding hydrogens is 282 g/mol. The Morgan fingerprint density at radius 3 is 2.68 bits per heavy atom. The molecule has 3 nitrogen and oxygen atoms in total. The van der Waals surface area contributed by atoms with Gasteiger partial charge in [0, 0.05) is 16.3 Å².